The predicted octanol–water partition coefficient (Wildman–Crippen LogP) is 1.87. The highest BCUT2D eigenvalue weighted by Gasteiger charge is 2.24. The zero-order valence-electron chi connectivity index (χ0n) is 14.4. The maximum absolute atomic E-state index is 12.8. The molecule has 0 saturated carbocycles. The number of carbonyl (C=O) groups is 1. The maximum atomic E-state index is 12.8. The Bertz CT molecular complexity index is 744. The number of nitrogens with zero attached hydrogens (tertiary/aromatic N) is 3. The molecule has 1 aromatic heterocycles. The first-order valence-electron chi connectivity index (χ1n) is 8.61. The third-order valence-electron chi connectivity index (χ3n) is 4.19. The zero-order chi connectivity index (χ0) is 18.4. The topological polar surface area (TPSA) is 93.4 Å². The molecule has 138 valence electrons. The van der Waals surface area contributed by atoms with Gasteiger partial charge in [0.1, 0.15) is 18.2 Å². The van der Waals surface area contributed by atoms with Crippen LogP contribution in [-0.2, 0) is 0 Å². The number of carbonyl (C=O) groups excluding carboxylic acids is 1. The van der Waals surface area contributed by atoms with Gasteiger partial charge in [0.15, 0.2) is 0 Å². The summed E-state index contributed by atoms with van der Waals surface area (Å²) in [7, 11) is 0. The lowest BCUT2D eigenvalue weighted by Gasteiger charge is -2.33. The van der Waals surface area contributed by atoms with E-state index in [0.29, 0.717) is 36.0 Å². The first kappa shape index (κ1) is 18.4. The Kier molecular flexibility index (Phi) is 6.25. The molecule has 0 radical (unpaired) electrons. The van der Waals surface area contributed by atoms with Gasteiger partial charge in [-0.3, -0.25) is 9.78 Å². The lowest BCUT2D eigenvalue weighted by molar-refractivity contribution is 0.0929. The molecule has 1 saturated heterocycles. The second kappa shape index (κ2) is 8.82. The van der Waals surface area contributed by atoms with E-state index in [4.69, 9.17) is 22.1 Å². The summed E-state index contributed by atoms with van der Waals surface area (Å²) in [6.45, 7) is 2.29. The van der Waals surface area contributed by atoms with Crippen LogP contribution in [0.4, 0.5) is 5.82 Å². The molecule has 0 unspecified atom stereocenters. The van der Waals surface area contributed by atoms with Gasteiger partial charge in [0, 0.05) is 43.1 Å². The number of benzene rings is 1. The Morgan fingerprint density at radius 2 is 2.31 bits per heavy atom. The van der Waals surface area contributed by atoms with E-state index in [1.54, 1.807) is 36.8 Å². The summed E-state index contributed by atoms with van der Waals surface area (Å²) in [5, 5.41) is 3.57. The van der Waals surface area contributed by atoms with E-state index in [9.17, 15) is 4.79 Å². The van der Waals surface area contributed by atoms with Crippen molar-refractivity contribution in [2.45, 2.75) is 18.9 Å². The number of amides is 1. The molecule has 1 aliphatic heterocycles. The zero-order valence-corrected chi connectivity index (χ0v) is 15.2. The molecule has 0 aliphatic carbocycles. The third-order valence-corrected chi connectivity index (χ3v) is 4.43. The van der Waals surface area contributed by atoms with Crippen molar-refractivity contribution in [3.63, 3.8) is 0 Å². The second-order valence-corrected chi connectivity index (χ2v) is 6.54. The molecule has 1 fully saturated rings. The van der Waals surface area contributed by atoms with Crippen molar-refractivity contribution in [2.75, 3.05) is 31.1 Å². The molecule has 2 heterocycles. The number of ether oxygens (including phenoxy) is 1. The van der Waals surface area contributed by atoms with Crippen molar-refractivity contribution >= 4 is 23.3 Å². The Morgan fingerprint density at radius 1 is 1.42 bits per heavy atom. The second-order valence-electron chi connectivity index (χ2n) is 6.10. The van der Waals surface area contributed by atoms with E-state index in [-0.39, 0.29) is 11.9 Å². The van der Waals surface area contributed by atoms with Crippen molar-refractivity contribution < 1.29 is 9.53 Å². The van der Waals surface area contributed by atoms with Crippen LogP contribution in [0.25, 0.3) is 0 Å². The monoisotopic (exact) mass is 375 g/mol. The van der Waals surface area contributed by atoms with Gasteiger partial charge in [0.25, 0.3) is 5.91 Å². The van der Waals surface area contributed by atoms with Crippen molar-refractivity contribution in [2.24, 2.45) is 5.73 Å². The first-order chi connectivity index (χ1) is 12.7. The minimum atomic E-state index is -0.203. The lowest BCUT2D eigenvalue weighted by Crippen LogP contribution is -2.48. The molecule has 3 N–H and O–H groups in total. The number of piperidine rings is 1. The number of rotatable bonds is 6. The molecule has 0 bridgehead atoms. The lowest BCUT2D eigenvalue weighted by atomic mass is 10.0. The SMILES string of the molecule is NCCOc1ccc(Cl)cc1C(=O)N[C@H]1CCCN(c2cnccn2)C1. The molecule has 26 heavy (non-hydrogen) atoms. The molecule has 1 aromatic carbocycles. The molecule has 8 heteroatoms. The Morgan fingerprint density at radius 3 is 3.08 bits per heavy atom. The molecule has 3 rings (SSSR count). The van der Waals surface area contributed by atoms with Gasteiger partial charge in [-0.05, 0) is 31.0 Å². The number of nitrogens with two attached hydrogens (primary N) is 1. The van der Waals surface area contributed by atoms with Crippen LogP contribution < -0.4 is 20.7 Å². The fourth-order valence-corrected chi connectivity index (χ4v) is 3.17. The summed E-state index contributed by atoms with van der Waals surface area (Å²) in [5.41, 5.74) is 5.90. The molecule has 1 amide bonds. The van der Waals surface area contributed by atoms with Gasteiger partial charge >= 0.3 is 0 Å². The van der Waals surface area contributed by atoms with Gasteiger partial charge in [-0.1, -0.05) is 11.6 Å². The van der Waals surface area contributed by atoms with Gasteiger partial charge in [0.2, 0.25) is 0 Å². The molecule has 1 aliphatic rings. The first-order valence-corrected chi connectivity index (χ1v) is 8.99. The number of hydrogen-bond donors (Lipinski definition) is 2. The average Bonchev–Trinajstić information content (AvgIpc) is 2.68. The van der Waals surface area contributed by atoms with Crippen LogP contribution in [0.1, 0.15) is 23.2 Å². The molecular formula is C18H22ClN5O2. The van der Waals surface area contributed by atoms with Crippen LogP contribution in [-0.4, -0.2) is 48.2 Å². The van der Waals surface area contributed by atoms with Crippen LogP contribution in [0.5, 0.6) is 5.75 Å². The Balaban J connectivity index is 1.68. The number of anilines is 1. The molecule has 1 atom stereocenters. The van der Waals surface area contributed by atoms with E-state index < -0.39 is 0 Å². The fourth-order valence-electron chi connectivity index (χ4n) is 3.00. The highest BCUT2D eigenvalue weighted by atomic mass is 35.5. The van der Waals surface area contributed by atoms with Crippen molar-refractivity contribution in [3.05, 3.63) is 47.4 Å². The number of halogens is 1. The van der Waals surface area contributed by atoms with E-state index in [1.807, 2.05) is 0 Å². The van der Waals surface area contributed by atoms with Gasteiger partial charge in [0.05, 0.1) is 11.8 Å². The van der Waals surface area contributed by atoms with Crippen LogP contribution in [0.2, 0.25) is 5.02 Å². The molecular weight excluding hydrogens is 354 g/mol. The summed E-state index contributed by atoms with van der Waals surface area (Å²) in [6.07, 6.45) is 6.93. The summed E-state index contributed by atoms with van der Waals surface area (Å²) < 4.78 is 5.57. The summed E-state index contributed by atoms with van der Waals surface area (Å²) >= 11 is 6.06. The van der Waals surface area contributed by atoms with E-state index in [2.05, 4.69) is 20.2 Å². The summed E-state index contributed by atoms with van der Waals surface area (Å²) in [6, 6.07) is 5.02. The molecule has 7 nitrogen and oxygen atoms in total. The van der Waals surface area contributed by atoms with Gasteiger partial charge in [-0.25, -0.2) is 4.98 Å². The average molecular weight is 376 g/mol. The minimum Gasteiger partial charge on any atom is -0.491 e. The van der Waals surface area contributed by atoms with Crippen LogP contribution in [0, 0.1) is 0 Å². The normalized spacial score (nSPS) is 17.0. The summed E-state index contributed by atoms with van der Waals surface area (Å²) in [5.74, 6) is 1.10. The minimum absolute atomic E-state index is 0.0135. The Hall–Kier alpha value is -2.38. The molecule has 0 spiro atoms. The van der Waals surface area contributed by atoms with E-state index in [1.165, 1.54) is 0 Å². The summed E-state index contributed by atoms with van der Waals surface area (Å²) in [4.78, 5) is 23.3. The van der Waals surface area contributed by atoms with Crippen molar-refractivity contribution in [3.8, 4) is 5.75 Å². The van der Waals surface area contributed by atoms with Crippen molar-refractivity contribution in [1.82, 2.24) is 15.3 Å². The quantitative estimate of drug-likeness (QED) is 0.800. The third kappa shape index (κ3) is 4.62. The smallest absolute Gasteiger partial charge is 0.255 e. The van der Waals surface area contributed by atoms with Crippen LogP contribution >= 0.6 is 11.6 Å². The van der Waals surface area contributed by atoms with Gasteiger partial charge in [-0.2, -0.15) is 0 Å². The number of aromatic nitrogens is 2. The Labute approximate surface area is 157 Å². The van der Waals surface area contributed by atoms with Crippen LogP contribution in [0.15, 0.2) is 36.8 Å². The fraction of sp³-hybridized carbons (Fsp3) is 0.389. The van der Waals surface area contributed by atoms with Gasteiger partial charge < -0.3 is 20.7 Å². The predicted molar refractivity (Wildman–Crippen MR) is 101 cm³/mol. The van der Waals surface area contributed by atoms with Crippen LogP contribution in [0.3, 0.4) is 0 Å². The molecule has 2 aromatic rings. The highest BCUT2D eigenvalue weighted by molar-refractivity contribution is 6.31. The van der Waals surface area contributed by atoms with Gasteiger partial charge in [-0.15, -0.1) is 0 Å². The maximum Gasteiger partial charge on any atom is 0.255 e. The van der Waals surface area contributed by atoms with Crippen molar-refractivity contribution in [1.29, 1.82) is 0 Å². The highest BCUT2D eigenvalue weighted by Crippen LogP contribution is 2.24. The van der Waals surface area contributed by atoms with E-state index in [0.717, 1.165) is 25.2 Å². The number of hydrogen-bond acceptors (Lipinski definition) is 6. The van der Waals surface area contributed by atoms with E-state index >= 15 is 0 Å². The standard InChI is InChI=1S/C18H22ClN5O2/c19-13-3-4-16(26-9-5-20)15(10-13)18(25)23-14-2-1-8-24(12-14)17-11-21-6-7-22-17/h3-4,6-7,10-11,14H,1-2,5,8-9,12,20H2,(H,23,25)/t14-/m0/s1. The largest absolute Gasteiger partial charge is 0.491 e. The number of nitrogens with one attached hydrogen (secondary N) is 1.